The molecule has 1 aromatic carbocycles. The van der Waals surface area contributed by atoms with E-state index in [2.05, 4.69) is 5.32 Å². The number of hydrogen-bond donors (Lipinski definition) is 2. The second-order valence-corrected chi connectivity index (χ2v) is 7.33. The van der Waals surface area contributed by atoms with Crippen molar-refractivity contribution in [2.75, 3.05) is 18.4 Å². The number of amides is 1. The fourth-order valence-electron chi connectivity index (χ4n) is 2.52. The summed E-state index contributed by atoms with van der Waals surface area (Å²) in [6.45, 7) is 2.08. The highest BCUT2D eigenvalue weighted by Gasteiger charge is 2.46. The molecule has 6 nitrogen and oxygen atoms in total. The van der Waals surface area contributed by atoms with Gasteiger partial charge in [-0.15, -0.1) is 0 Å². The summed E-state index contributed by atoms with van der Waals surface area (Å²) in [5.74, 6) is -0.126. The number of nitrogens with one attached hydrogen (secondary N) is 1. The Morgan fingerprint density at radius 2 is 2.10 bits per heavy atom. The Bertz CT molecular complexity index is 678. The van der Waals surface area contributed by atoms with Gasteiger partial charge in [-0.05, 0) is 30.2 Å². The summed E-state index contributed by atoms with van der Waals surface area (Å²) >= 11 is 0. The molecule has 0 aliphatic carbocycles. The maximum Gasteiger partial charge on any atom is 0.243 e. The monoisotopic (exact) mass is 296 g/mol. The van der Waals surface area contributed by atoms with Crippen molar-refractivity contribution in [3.8, 4) is 0 Å². The molecule has 108 valence electrons. The number of aliphatic hydroxyl groups is 1. The Labute approximate surface area is 117 Å². The largest absolute Gasteiger partial charge is 0.387 e. The number of sulfonamides is 1. The molecule has 0 bridgehead atoms. The second kappa shape index (κ2) is 4.28. The van der Waals surface area contributed by atoms with Crippen LogP contribution in [0.2, 0.25) is 0 Å². The van der Waals surface area contributed by atoms with Gasteiger partial charge in [0.15, 0.2) is 0 Å². The number of hydrogen-bond acceptors (Lipinski definition) is 4. The number of nitrogens with zero attached hydrogens (tertiary/aromatic N) is 1. The van der Waals surface area contributed by atoms with Crippen LogP contribution in [-0.2, 0) is 21.2 Å². The van der Waals surface area contributed by atoms with Crippen molar-refractivity contribution in [1.82, 2.24) is 4.31 Å². The molecule has 2 N–H and O–H groups in total. The molecule has 3 rings (SSSR count). The Hall–Kier alpha value is -1.44. The molecule has 0 atom stereocenters. The number of carbonyl (C=O) groups excluding carboxylic acids is 1. The highest BCUT2D eigenvalue weighted by atomic mass is 32.2. The van der Waals surface area contributed by atoms with E-state index < -0.39 is 15.6 Å². The van der Waals surface area contributed by atoms with Gasteiger partial charge in [0, 0.05) is 18.8 Å². The molecule has 0 saturated carbocycles. The summed E-state index contributed by atoms with van der Waals surface area (Å²) < 4.78 is 26.1. The first-order chi connectivity index (χ1) is 9.34. The van der Waals surface area contributed by atoms with E-state index in [1.54, 1.807) is 6.07 Å². The summed E-state index contributed by atoms with van der Waals surface area (Å²) in [5, 5.41) is 12.6. The van der Waals surface area contributed by atoms with Crippen molar-refractivity contribution < 1.29 is 18.3 Å². The first kappa shape index (κ1) is 13.5. The van der Waals surface area contributed by atoms with E-state index >= 15 is 0 Å². The number of anilines is 1. The maximum atomic E-state index is 12.4. The lowest BCUT2D eigenvalue weighted by Gasteiger charge is -2.44. The standard InChI is InChI=1S/C13H16N2O4S/c1-2-13(17)7-15(8-13)20(18,19)10-3-4-11-9(5-10)6-12(16)14-11/h3-5,17H,2,6-8H2,1H3,(H,14,16). The van der Waals surface area contributed by atoms with Crippen LogP contribution < -0.4 is 5.32 Å². The number of fused-ring (bicyclic) bond motifs is 1. The third-order valence-corrected chi connectivity index (χ3v) is 5.73. The molecule has 1 fully saturated rings. The molecule has 0 unspecified atom stereocenters. The molecule has 2 aliphatic heterocycles. The average Bonchev–Trinajstić information content (AvgIpc) is 2.73. The minimum absolute atomic E-state index is 0.125. The predicted molar refractivity (Wildman–Crippen MR) is 72.8 cm³/mol. The minimum Gasteiger partial charge on any atom is -0.387 e. The zero-order valence-electron chi connectivity index (χ0n) is 11.1. The van der Waals surface area contributed by atoms with Gasteiger partial charge in [0.2, 0.25) is 15.9 Å². The number of β-amino-alcohol motifs (C(OH)–C–C–N with tert-alkyl or cyclic N) is 1. The van der Waals surface area contributed by atoms with Crippen LogP contribution in [0.25, 0.3) is 0 Å². The summed E-state index contributed by atoms with van der Waals surface area (Å²) in [5.41, 5.74) is 0.464. The Kier molecular flexibility index (Phi) is 2.89. The molecule has 1 aromatic rings. The van der Waals surface area contributed by atoms with Crippen LogP contribution in [0.1, 0.15) is 18.9 Å². The molecule has 7 heteroatoms. The van der Waals surface area contributed by atoms with Gasteiger partial charge in [0.1, 0.15) is 0 Å². The van der Waals surface area contributed by atoms with E-state index in [9.17, 15) is 18.3 Å². The third-order valence-electron chi connectivity index (χ3n) is 3.94. The normalized spacial score (nSPS) is 21.2. The van der Waals surface area contributed by atoms with Crippen molar-refractivity contribution in [1.29, 1.82) is 0 Å². The lowest BCUT2D eigenvalue weighted by molar-refractivity contribution is -0.115. The van der Waals surface area contributed by atoms with Crippen LogP contribution in [0, 0.1) is 0 Å². The van der Waals surface area contributed by atoms with Gasteiger partial charge in [-0.1, -0.05) is 6.92 Å². The zero-order valence-corrected chi connectivity index (χ0v) is 11.9. The van der Waals surface area contributed by atoms with E-state index in [0.717, 1.165) is 0 Å². The Balaban J connectivity index is 1.87. The van der Waals surface area contributed by atoms with E-state index in [-0.39, 0.29) is 30.3 Å². The SMILES string of the molecule is CCC1(O)CN(S(=O)(=O)c2ccc3c(c2)CC(=O)N3)C1. The zero-order chi connectivity index (χ0) is 14.5. The summed E-state index contributed by atoms with van der Waals surface area (Å²) in [6.07, 6.45) is 0.735. The van der Waals surface area contributed by atoms with Crippen molar-refractivity contribution in [3.63, 3.8) is 0 Å². The highest BCUT2D eigenvalue weighted by molar-refractivity contribution is 7.89. The van der Waals surface area contributed by atoms with E-state index in [1.807, 2.05) is 6.92 Å². The van der Waals surface area contributed by atoms with E-state index in [4.69, 9.17) is 0 Å². The molecule has 0 radical (unpaired) electrons. The van der Waals surface area contributed by atoms with Crippen molar-refractivity contribution >= 4 is 21.6 Å². The molecular formula is C13H16N2O4S. The molecule has 20 heavy (non-hydrogen) atoms. The molecule has 0 aromatic heterocycles. The van der Waals surface area contributed by atoms with Gasteiger partial charge < -0.3 is 10.4 Å². The van der Waals surface area contributed by atoms with Gasteiger partial charge in [-0.2, -0.15) is 4.31 Å². The van der Waals surface area contributed by atoms with Gasteiger partial charge in [0.05, 0.1) is 16.9 Å². The lowest BCUT2D eigenvalue weighted by atomic mass is 9.94. The van der Waals surface area contributed by atoms with Crippen LogP contribution in [0.4, 0.5) is 5.69 Å². The van der Waals surface area contributed by atoms with Gasteiger partial charge >= 0.3 is 0 Å². The molecule has 2 heterocycles. The average molecular weight is 296 g/mol. The van der Waals surface area contributed by atoms with E-state index in [1.165, 1.54) is 16.4 Å². The number of rotatable bonds is 3. The fourth-order valence-corrected chi connectivity index (χ4v) is 4.17. The molecule has 1 amide bonds. The third kappa shape index (κ3) is 2.02. The fraction of sp³-hybridized carbons (Fsp3) is 0.462. The lowest BCUT2D eigenvalue weighted by Crippen LogP contribution is -2.62. The molecular weight excluding hydrogens is 280 g/mol. The van der Waals surface area contributed by atoms with Gasteiger partial charge in [0.25, 0.3) is 0 Å². The number of carbonyl (C=O) groups is 1. The van der Waals surface area contributed by atoms with Crippen LogP contribution >= 0.6 is 0 Å². The first-order valence-electron chi connectivity index (χ1n) is 6.49. The van der Waals surface area contributed by atoms with Crippen LogP contribution in [-0.4, -0.2) is 42.4 Å². The van der Waals surface area contributed by atoms with Crippen LogP contribution in [0.3, 0.4) is 0 Å². The Morgan fingerprint density at radius 1 is 1.40 bits per heavy atom. The Morgan fingerprint density at radius 3 is 2.75 bits per heavy atom. The quantitative estimate of drug-likeness (QED) is 0.841. The predicted octanol–water partition coefficient (Wildman–Crippen LogP) is 0.327. The van der Waals surface area contributed by atoms with Crippen LogP contribution in [0.15, 0.2) is 23.1 Å². The topological polar surface area (TPSA) is 86.7 Å². The first-order valence-corrected chi connectivity index (χ1v) is 7.93. The summed E-state index contributed by atoms with van der Waals surface area (Å²) in [7, 11) is -3.59. The summed E-state index contributed by atoms with van der Waals surface area (Å²) in [6, 6.07) is 4.63. The number of benzene rings is 1. The van der Waals surface area contributed by atoms with Crippen molar-refractivity contribution in [2.45, 2.75) is 30.3 Å². The van der Waals surface area contributed by atoms with Crippen molar-refractivity contribution in [2.24, 2.45) is 0 Å². The minimum atomic E-state index is -3.59. The van der Waals surface area contributed by atoms with Crippen molar-refractivity contribution in [3.05, 3.63) is 23.8 Å². The maximum absolute atomic E-state index is 12.4. The molecule has 2 aliphatic rings. The second-order valence-electron chi connectivity index (χ2n) is 5.39. The van der Waals surface area contributed by atoms with Crippen LogP contribution in [0.5, 0.6) is 0 Å². The van der Waals surface area contributed by atoms with E-state index in [0.29, 0.717) is 17.7 Å². The molecule has 0 spiro atoms. The molecule has 1 saturated heterocycles. The van der Waals surface area contributed by atoms with Gasteiger partial charge in [-0.3, -0.25) is 4.79 Å². The highest BCUT2D eigenvalue weighted by Crippen LogP contribution is 2.32. The smallest absolute Gasteiger partial charge is 0.243 e. The van der Waals surface area contributed by atoms with Gasteiger partial charge in [-0.25, -0.2) is 8.42 Å². The summed E-state index contributed by atoms with van der Waals surface area (Å²) in [4.78, 5) is 11.5.